The molecule has 0 saturated carbocycles. The SMILES string of the molecule is Cc1cc(NC(=O)NCCN2CCCCC2)cc(C)n1. The van der Waals surface area contributed by atoms with Crippen molar-refractivity contribution in [1.29, 1.82) is 0 Å². The molecule has 2 rings (SSSR count). The van der Waals surface area contributed by atoms with Gasteiger partial charge in [0.25, 0.3) is 0 Å². The van der Waals surface area contributed by atoms with Crippen LogP contribution in [0.15, 0.2) is 12.1 Å². The number of hydrogen-bond acceptors (Lipinski definition) is 3. The van der Waals surface area contributed by atoms with Gasteiger partial charge in [0.05, 0.1) is 0 Å². The van der Waals surface area contributed by atoms with Gasteiger partial charge in [0.1, 0.15) is 0 Å². The van der Waals surface area contributed by atoms with Gasteiger partial charge in [-0.3, -0.25) is 4.98 Å². The molecule has 0 radical (unpaired) electrons. The lowest BCUT2D eigenvalue weighted by atomic mass is 10.1. The Kier molecular flexibility index (Phi) is 5.35. The minimum Gasteiger partial charge on any atom is -0.337 e. The third kappa shape index (κ3) is 4.81. The number of carbonyl (C=O) groups excluding carboxylic acids is 1. The Bertz CT molecular complexity index is 435. The molecule has 5 heteroatoms. The van der Waals surface area contributed by atoms with Gasteiger partial charge < -0.3 is 15.5 Å². The number of carbonyl (C=O) groups is 1. The van der Waals surface area contributed by atoms with Gasteiger partial charge in [-0.25, -0.2) is 4.79 Å². The standard InChI is InChI=1S/C15H24N4O/c1-12-10-14(11-13(2)17-12)18-15(20)16-6-9-19-7-4-3-5-8-19/h10-11H,3-9H2,1-2H3,(H2,16,17,18,20). The largest absolute Gasteiger partial charge is 0.337 e. The first-order chi connectivity index (χ1) is 9.63. The number of rotatable bonds is 4. The van der Waals surface area contributed by atoms with E-state index in [1.165, 1.54) is 19.3 Å². The van der Waals surface area contributed by atoms with Gasteiger partial charge in [0, 0.05) is 30.2 Å². The van der Waals surface area contributed by atoms with Crippen molar-refractivity contribution in [2.45, 2.75) is 33.1 Å². The van der Waals surface area contributed by atoms with Crippen LogP contribution in [-0.4, -0.2) is 42.1 Å². The summed E-state index contributed by atoms with van der Waals surface area (Å²) < 4.78 is 0. The van der Waals surface area contributed by atoms with Crippen LogP contribution in [0.4, 0.5) is 10.5 Å². The zero-order valence-electron chi connectivity index (χ0n) is 12.4. The zero-order valence-corrected chi connectivity index (χ0v) is 12.4. The van der Waals surface area contributed by atoms with E-state index < -0.39 is 0 Å². The van der Waals surface area contributed by atoms with Crippen LogP contribution < -0.4 is 10.6 Å². The van der Waals surface area contributed by atoms with Crippen LogP contribution >= 0.6 is 0 Å². The maximum absolute atomic E-state index is 11.8. The number of piperidine rings is 1. The van der Waals surface area contributed by atoms with Crippen molar-refractivity contribution in [3.05, 3.63) is 23.5 Å². The fraction of sp³-hybridized carbons (Fsp3) is 0.600. The Balaban J connectivity index is 1.72. The van der Waals surface area contributed by atoms with Crippen molar-refractivity contribution in [2.24, 2.45) is 0 Å². The number of anilines is 1. The van der Waals surface area contributed by atoms with E-state index in [9.17, 15) is 4.79 Å². The molecule has 1 saturated heterocycles. The first kappa shape index (κ1) is 14.8. The molecule has 110 valence electrons. The predicted octanol–water partition coefficient (Wildman–Crippen LogP) is 2.31. The Morgan fingerprint density at radius 2 is 1.85 bits per heavy atom. The second kappa shape index (κ2) is 7.24. The van der Waals surface area contributed by atoms with Gasteiger partial charge in [-0.2, -0.15) is 0 Å². The van der Waals surface area contributed by atoms with Crippen LogP contribution in [-0.2, 0) is 0 Å². The Labute approximate surface area is 120 Å². The Hall–Kier alpha value is -1.62. The van der Waals surface area contributed by atoms with Gasteiger partial charge in [-0.05, 0) is 51.9 Å². The summed E-state index contributed by atoms with van der Waals surface area (Å²) in [4.78, 5) is 18.5. The summed E-state index contributed by atoms with van der Waals surface area (Å²) in [6, 6.07) is 3.60. The van der Waals surface area contributed by atoms with Crippen LogP contribution in [0, 0.1) is 13.8 Å². The van der Waals surface area contributed by atoms with Gasteiger partial charge in [-0.15, -0.1) is 0 Å². The molecule has 0 spiro atoms. The average molecular weight is 276 g/mol. The molecule has 0 atom stereocenters. The smallest absolute Gasteiger partial charge is 0.319 e. The van der Waals surface area contributed by atoms with E-state index in [2.05, 4.69) is 20.5 Å². The molecule has 0 bridgehead atoms. The Morgan fingerprint density at radius 3 is 2.50 bits per heavy atom. The van der Waals surface area contributed by atoms with E-state index in [-0.39, 0.29) is 6.03 Å². The fourth-order valence-electron chi connectivity index (χ4n) is 2.59. The quantitative estimate of drug-likeness (QED) is 0.887. The number of urea groups is 1. The lowest BCUT2D eigenvalue weighted by Gasteiger charge is -2.26. The number of likely N-dealkylation sites (tertiary alicyclic amines) is 1. The van der Waals surface area contributed by atoms with E-state index in [1.54, 1.807) is 0 Å². The van der Waals surface area contributed by atoms with Crippen LogP contribution in [0.5, 0.6) is 0 Å². The molecule has 1 aliphatic rings. The van der Waals surface area contributed by atoms with E-state index in [4.69, 9.17) is 0 Å². The van der Waals surface area contributed by atoms with Crippen LogP contribution in [0.25, 0.3) is 0 Å². The number of aromatic nitrogens is 1. The molecule has 1 aliphatic heterocycles. The molecule has 0 unspecified atom stereocenters. The highest BCUT2D eigenvalue weighted by Crippen LogP contribution is 2.10. The average Bonchev–Trinajstić information content (AvgIpc) is 2.38. The third-order valence-electron chi connectivity index (χ3n) is 3.50. The summed E-state index contributed by atoms with van der Waals surface area (Å²) in [5.41, 5.74) is 2.62. The highest BCUT2D eigenvalue weighted by molar-refractivity contribution is 5.89. The van der Waals surface area contributed by atoms with Crippen molar-refractivity contribution >= 4 is 11.7 Å². The maximum atomic E-state index is 11.8. The molecule has 0 aromatic carbocycles. The summed E-state index contributed by atoms with van der Waals surface area (Å²) in [5.74, 6) is 0. The van der Waals surface area contributed by atoms with Crippen LogP contribution in [0.3, 0.4) is 0 Å². The number of pyridine rings is 1. The van der Waals surface area contributed by atoms with Crippen LogP contribution in [0.2, 0.25) is 0 Å². The second-order valence-corrected chi connectivity index (χ2v) is 5.42. The molecule has 1 fully saturated rings. The van der Waals surface area contributed by atoms with Crippen molar-refractivity contribution in [2.75, 3.05) is 31.5 Å². The lowest BCUT2D eigenvalue weighted by molar-refractivity contribution is 0.224. The summed E-state index contributed by atoms with van der Waals surface area (Å²) in [6.45, 7) is 7.79. The van der Waals surface area contributed by atoms with Crippen LogP contribution in [0.1, 0.15) is 30.7 Å². The van der Waals surface area contributed by atoms with Crippen molar-refractivity contribution in [1.82, 2.24) is 15.2 Å². The lowest BCUT2D eigenvalue weighted by Crippen LogP contribution is -2.39. The molecule has 5 nitrogen and oxygen atoms in total. The van der Waals surface area contributed by atoms with E-state index in [0.717, 1.165) is 36.7 Å². The molecule has 2 heterocycles. The number of amides is 2. The van der Waals surface area contributed by atoms with E-state index in [0.29, 0.717) is 6.54 Å². The normalized spacial score (nSPS) is 15.9. The Morgan fingerprint density at radius 1 is 1.20 bits per heavy atom. The van der Waals surface area contributed by atoms with Gasteiger partial charge >= 0.3 is 6.03 Å². The number of aryl methyl sites for hydroxylation is 2. The molecular formula is C15H24N4O. The zero-order chi connectivity index (χ0) is 14.4. The number of nitrogens with one attached hydrogen (secondary N) is 2. The first-order valence-electron chi connectivity index (χ1n) is 7.36. The van der Waals surface area contributed by atoms with Crippen molar-refractivity contribution in [3.8, 4) is 0 Å². The fourth-order valence-corrected chi connectivity index (χ4v) is 2.59. The van der Waals surface area contributed by atoms with Crippen molar-refractivity contribution < 1.29 is 4.79 Å². The van der Waals surface area contributed by atoms with Gasteiger partial charge in [0.2, 0.25) is 0 Å². The highest BCUT2D eigenvalue weighted by atomic mass is 16.2. The van der Waals surface area contributed by atoms with Gasteiger partial charge in [-0.1, -0.05) is 6.42 Å². The predicted molar refractivity (Wildman–Crippen MR) is 81.0 cm³/mol. The molecular weight excluding hydrogens is 252 g/mol. The molecule has 20 heavy (non-hydrogen) atoms. The topological polar surface area (TPSA) is 57.3 Å². The van der Waals surface area contributed by atoms with E-state index >= 15 is 0 Å². The van der Waals surface area contributed by atoms with Gasteiger partial charge in [0.15, 0.2) is 0 Å². The molecule has 1 aromatic heterocycles. The minimum absolute atomic E-state index is 0.146. The summed E-state index contributed by atoms with van der Waals surface area (Å²) >= 11 is 0. The summed E-state index contributed by atoms with van der Waals surface area (Å²) in [6.07, 6.45) is 3.90. The highest BCUT2D eigenvalue weighted by Gasteiger charge is 2.10. The number of nitrogens with zero attached hydrogens (tertiary/aromatic N) is 2. The summed E-state index contributed by atoms with van der Waals surface area (Å²) in [5, 5.41) is 5.76. The first-order valence-corrected chi connectivity index (χ1v) is 7.36. The monoisotopic (exact) mass is 276 g/mol. The second-order valence-electron chi connectivity index (χ2n) is 5.42. The molecule has 1 aromatic rings. The summed E-state index contributed by atoms with van der Waals surface area (Å²) in [7, 11) is 0. The number of hydrogen-bond donors (Lipinski definition) is 2. The van der Waals surface area contributed by atoms with Crippen molar-refractivity contribution in [3.63, 3.8) is 0 Å². The van der Waals surface area contributed by atoms with E-state index in [1.807, 2.05) is 26.0 Å². The minimum atomic E-state index is -0.146. The molecule has 0 aliphatic carbocycles. The molecule has 2 amide bonds. The third-order valence-corrected chi connectivity index (χ3v) is 3.50. The maximum Gasteiger partial charge on any atom is 0.319 e. The molecule has 2 N–H and O–H groups in total.